The fourth-order valence-corrected chi connectivity index (χ4v) is 3.45. The van der Waals surface area contributed by atoms with Crippen LogP contribution in [-0.2, 0) is 16.6 Å². The zero-order valence-corrected chi connectivity index (χ0v) is 13.6. The number of rotatable bonds is 5. The first kappa shape index (κ1) is 15.6. The molecule has 0 bridgehead atoms. The first-order chi connectivity index (χ1) is 11.0. The van der Waals surface area contributed by atoms with Crippen LogP contribution in [0.15, 0.2) is 59.6 Å². The lowest BCUT2D eigenvalue weighted by atomic mass is 10.2. The van der Waals surface area contributed by atoms with E-state index >= 15 is 0 Å². The highest BCUT2D eigenvalue weighted by atomic mass is 32.2. The molecule has 2 aromatic carbocycles. The van der Waals surface area contributed by atoms with Gasteiger partial charge in [0, 0.05) is 12.7 Å². The van der Waals surface area contributed by atoms with Gasteiger partial charge in [-0.2, -0.15) is 0 Å². The molecule has 0 spiro atoms. The minimum absolute atomic E-state index is 0.0903. The summed E-state index contributed by atoms with van der Waals surface area (Å²) in [6, 6.07) is 15.3. The van der Waals surface area contributed by atoms with E-state index in [-0.39, 0.29) is 4.90 Å². The van der Waals surface area contributed by atoms with E-state index in [2.05, 4.69) is 0 Å². The third-order valence-corrected chi connectivity index (χ3v) is 4.56. The summed E-state index contributed by atoms with van der Waals surface area (Å²) in [4.78, 5) is 0.0903. The quantitative estimate of drug-likeness (QED) is 0.781. The van der Waals surface area contributed by atoms with E-state index in [1.807, 2.05) is 54.0 Å². The molecular formula is C17H18N2O3S. The summed E-state index contributed by atoms with van der Waals surface area (Å²) >= 11 is 0. The lowest BCUT2D eigenvalue weighted by molar-refractivity contribution is 0.344. The van der Waals surface area contributed by atoms with Crippen molar-refractivity contribution < 1.29 is 13.2 Å². The number of nitrogens with zero attached hydrogens (tertiary/aromatic N) is 1. The predicted octanol–water partition coefficient (Wildman–Crippen LogP) is 2.74. The lowest BCUT2D eigenvalue weighted by Crippen LogP contribution is -2.12. The minimum atomic E-state index is -3.84. The molecule has 2 N–H and O–H groups in total. The van der Waals surface area contributed by atoms with Crippen LogP contribution in [0.1, 0.15) is 12.5 Å². The molecule has 6 heteroatoms. The van der Waals surface area contributed by atoms with Crippen molar-refractivity contribution in [2.75, 3.05) is 6.61 Å². The standard InChI is InChI=1S/C17H18N2O3S/c1-2-22-15-10-6-9-14-17(15)16(23(18,20)21)12-19(14)11-13-7-4-3-5-8-13/h3-10,12H,2,11H2,1H3,(H2,18,20,21). The van der Waals surface area contributed by atoms with Gasteiger partial charge in [-0.25, -0.2) is 13.6 Å². The number of fused-ring (bicyclic) bond motifs is 1. The van der Waals surface area contributed by atoms with Crippen molar-refractivity contribution in [3.8, 4) is 5.75 Å². The van der Waals surface area contributed by atoms with Crippen molar-refractivity contribution in [3.05, 3.63) is 60.3 Å². The second-order valence-electron chi connectivity index (χ2n) is 5.24. The van der Waals surface area contributed by atoms with Gasteiger partial charge in [-0.15, -0.1) is 0 Å². The lowest BCUT2D eigenvalue weighted by Gasteiger charge is -2.08. The highest BCUT2D eigenvalue weighted by molar-refractivity contribution is 7.89. The molecule has 0 radical (unpaired) electrons. The maximum Gasteiger partial charge on any atom is 0.240 e. The largest absolute Gasteiger partial charge is 0.493 e. The van der Waals surface area contributed by atoms with Crippen molar-refractivity contribution in [3.63, 3.8) is 0 Å². The van der Waals surface area contributed by atoms with Gasteiger partial charge in [-0.3, -0.25) is 0 Å². The van der Waals surface area contributed by atoms with Gasteiger partial charge in [0.2, 0.25) is 10.0 Å². The Balaban J connectivity index is 2.22. The van der Waals surface area contributed by atoms with Crippen LogP contribution in [-0.4, -0.2) is 19.6 Å². The van der Waals surface area contributed by atoms with Gasteiger partial charge in [0.05, 0.1) is 17.5 Å². The molecule has 1 aromatic heterocycles. The van der Waals surface area contributed by atoms with Crippen molar-refractivity contribution in [2.24, 2.45) is 5.14 Å². The molecule has 0 amide bonds. The fraction of sp³-hybridized carbons (Fsp3) is 0.176. The second kappa shape index (κ2) is 6.06. The zero-order valence-electron chi connectivity index (χ0n) is 12.8. The number of aromatic nitrogens is 1. The smallest absolute Gasteiger partial charge is 0.240 e. The Labute approximate surface area is 135 Å². The van der Waals surface area contributed by atoms with Crippen LogP contribution in [0, 0.1) is 0 Å². The molecule has 0 aliphatic rings. The molecule has 0 saturated heterocycles. The molecular weight excluding hydrogens is 312 g/mol. The van der Waals surface area contributed by atoms with Crippen molar-refractivity contribution >= 4 is 20.9 Å². The number of primary sulfonamides is 1. The normalized spacial score (nSPS) is 11.7. The van der Waals surface area contributed by atoms with Gasteiger partial charge in [-0.1, -0.05) is 36.4 Å². The maximum atomic E-state index is 12.0. The molecule has 0 atom stereocenters. The number of hydrogen-bond acceptors (Lipinski definition) is 3. The van der Waals surface area contributed by atoms with E-state index in [9.17, 15) is 8.42 Å². The average Bonchev–Trinajstić information content (AvgIpc) is 2.89. The first-order valence-corrected chi connectivity index (χ1v) is 8.86. The monoisotopic (exact) mass is 330 g/mol. The Morgan fingerprint density at radius 1 is 1.09 bits per heavy atom. The summed E-state index contributed by atoms with van der Waals surface area (Å²) in [7, 11) is -3.84. The molecule has 0 unspecified atom stereocenters. The second-order valence-corrected chi connectivity index (χ2v) is 6.76. The predicted molar refractivity (Wildman–Crippen MR) is 90.0 cm³/mol. The molecule has 0 aliphatic carbocycles. The zero-order chi connectivity index (χ0) is 16.4. The number of ether oxygens (including phenoxy) is 1. The van der Waals surface area contributed by atoms with E-state index in [0.29, 0.717) is 24.3 Å². The van der Waals surface area contributed by atoms with E-state index < -0.39 is 10.0 Å². The average molecular weight is 330 g/mol. The summed E-state index contributed by atoms with van der Waals surface area (Å²) in [6.45, 7) is 2.87. The fourth-order valence-electron chi connectivity index (χ4n) is 2.68. The summed E-state index contributed by atoms with van der Waals surface area (Å²) in [5.41, 5.74) is 1.86. The molecule has 3 rings (SSSR count). The van der Waals surface area contributed by atoms with Crippen molar-refractivity contribution in [1.29, 1.82) is 0 Å². The molecule has 23 heavy (non-hydrogen) atoms. The Hall–Kier alpha value is -2.31. The van der Waals surface area contributed by atoms with E-state index in [4.69, 9.17) is 9.88 Å². The van der Waals surface area contributed by atoms with Crippen LogP contribution in [0.3, 0.4) is 0 Å². The molecule has 0 aliphatic heterocycles. The first-order valence-electron chi connectivity index (χ1n) is 7.32. The van der Waals surface area contributed by atoms with Crippen LogP contribution >= 0.6 is 0 Å². The van der Waals surface area contributed by atoms with Crippen LogP contribution in [0.2, 0.25) is 0 Å². The topological polar surface area (TPSA) is 74.3 Å². The van der Waals surface area contributed by atoms with Crippen LogP contribution < -0.4 is 9.88 Å². The van der Waals surface area contributed by atoms with Gasteiger partial charge < -0.3 is 9.30 Å². The minimum Gasteiger partial charge on any atom is -0.493 e. The van der Waals surface area contributed by atoms with Gasteiger partial charge >= 0.3 is 0 Å². The molecule has 120 valence electrons. The highest BCUT2D eigenvalue weighted by Crippen LogP contribution is 2.33. The summed E-state index contributed by atoms with van der Waals surface area (Å²) in [5.74, 6) is 0.529. The third-order valence-electron chi connectivity index (χ3n) is 3.64. The van der Waals surface area contributed by atoms with E-state index in [1.165, 1.54) is 0 Å². The van der Waals surface area contributed by atoms with Crippen LogP contribution in [0.25, 0.3) is 10.9 Å². The van der Waals surface area contributed by atoms with E-state index in [1.54, 1.807) is 12.3 Å². The summed E-state index contributed by atoms with van der Waals surface area (Å²) in [5, 5.41) is 5.93. The van der Waals surface area contributed by atoms with Crippen molar-refractivity contribution in [1.82, 2.24) is 4.57 Å². The third kappa shape index (κ3) is 3.09. The van der Waals surface area contributed by atoms with Crippen LogP contribution in [0.5, 0.6) is 5.75 Å². The number of sulfonamides is 1. The highest BCUT2D eigenvalue weighted by Gasteiger charge is 2.20. The molecule has 1 heterocycles. The number of nitrogens with two attached hydrogens (primary N) is 1. The molecule has 0 saturated carbocycles. The molecule has 5 nitrogen and oxygen atoms in total. The summed E-state index contributed by atoms with van der Waals surface area (Å²) < 4.78 is 31.4. The molecule has 3 aromatic rings. The van der Waals surface area contributed by atoms with Gasteiger partial charge in [0.1, 0.15) is 10.6 Å². The van der Waals surface area contributed by atoms with E-state index in [0.717, 1.165) is 11.1 Å². The van der Waals surface area contributed by atoms with Gasteiger partial charge in [0.15, 0.2) is 0 Å². The number of benzene rings is 2. The Morgan fingerprint density at radius 3 is 2.48 bits per heavy atom. The van der Waals surface area contributed by atoms with Crippen molar-refractivity contribution in [2.45, 2.75) is 18.4 Å². The molecule has 0 fully saturated rings. The Morgan fingerprint density at radius 2 is 1.83 bits per heavy atom. The maximum absolute atomic E-state index is 12.0. The summed E-state index contributed by atoms with van der Waals surface area (Å²) in [6.07, 6.45) is 1.58. The SMILES string of the molecule is CCOc1cccc2c1c(S(N)(=O)=O)cn2Cc1ccccc1. The number of hydrogen-bond donors (Lipinski definition) is 1. The van der Waals surface area contributed by atoms with Crippen LogP contribution in [0.4, 0.5) is 0 Å². The van der Waals surface area contributed by atoms with Gasteiger partial charge in [0.25, 0.3) is 0 Å². The Bertz CT molecular complexity index is 931. The Kier molecular flexibility index (Phi) is 4.11. The van der Waals surface area contributed by atoms with Gasteiger partial charge in [-0.05, 0) is 24.6 Å².